The molecular formula is C18H17NO6. The molecule has 0 saturated heterocycles. The van der Waals surface area contributed by atoms with E-state index in [0.29, 0.717) is 22.4 Å². The van der Waals surface area contributed by atoms with Gasteiger partial charge in [0, 0.05) is 5.56 Å². The molecule has 0 heterocycles. The maximum atomic E-state index is 11.4. The first kappa shape index (κ1) is 18.0. The van der Waals surface area contributed by atoms with E-state index in [1.54, 1.807) is 37.3 Å². The molecule has 0 fully saturated rings. The van der Waals surface area contributed by atoms with Crippen molar-refractivity contribution in [3.05, 3.63) is 64.7 Å². The number of carboxylic acid groups (broad SMARTS) is 2. The van der Waals surface area contributed by atoms with Crippen molar-refractivity contribution in [1.29, 1.82) is 0 Å². The Kier molecular flexibility index (Phi) is 5.73. The van der Waals surface area contributed by atoms with Crippen molar-refractivity contribution >= 4 is 17.7 Å². The zero-order valence-corrected chi connectivity index (χ0v) is 13.7. The highest BCUT2D eigenvalue weighted by molar-refractivity contribution is 6.42. The van der Waals surface area contributed by atoms with Gasteiger partial charge < -0.3 is 19.8 Å². The van der Waals surface area contributed by atoms with Crippen LogP contribution in [0.4, 0.5) is 0 Å². The van der Waals surface area contributed by atoms with Crippen LogP contribution in [0.1, 0.15) is 27.0 Å². The van der Waals surface area contributed by atoms with Gasteiger partial charge in [-0.1, -0.05) is 29.4 Å². The van der Waals surface area contributed by atoms with E-state index in [0.717, 1.165) is 0 Å². The van der Waals surface area contributed by atoms with Gasteiger partial charge in [0.15, 0.2) is 5.71 Å². The van der Waals surface area contributed by atoms with Gasteiger partial charge >= 0.3 is 11.9 Å². The van der Waals surface area contributed by atoms with Crippen molar-refractivity contribution in [1.82, 2.24) is 0 Å². The molecule has 2 aromatic rings. The normalized spacial score (nSPS) is 11.0. The molecule has 0 spiro atoms. The molecule has 7 heteroatoms. The molecule has 0 unspecified atom stereocenters. The van der Waals surface area contributed by atoms with Crippen LogP contribution in [-0.4, -0.2) is 35.0 Å². The molecule has 0 radical (unpaired) electrons. The third-order valence-electron chi connectivity index (χ3n) is 3.46. The van der Waals surface area contributed by atoms with Gasteiger partial charge in [0.2, 0.25) is 0 Å². The summed E-state index contributed by atoms with van der Waals surface area (Å²) in [6.07, 6.45) is 0. The fraction of sp³-hybridized carbons (Fsp3) is 0.167. The topological polar surface area (TPSA) is 105 Å². The minimum Gasteiger partial charge on any atom is -0.489 e. The standard InChI is InChI=1S/C18H17NO6/c1-11-9-12(17(20)21)7-8-15(11)25-10-13-5-3-4-6-14(13)16(18(22)23)19-24-2/h3-9H,10H2,1-2H3,(H,20,21)(H,22,23)/b19-16+. The summed E-state index contributed by atoms with van der Waals surface area (Å²) in [5, 5.41) is 21.8. The molecule has 2 aromatic carbocycles. The Morgan fingerprint density at radius 1 is 1.12 bits per heavy atom. The van der Waals surface area contributed by atoms with Crippen molar-refractivity contribution in [2.75, 3.05) is 7.11 Å². The summed E-state index contributed by atoms with van der Waals surface area (Å²) in [4.78, 5) is 26.9. The van der Waals surface area contributed by atoms with Crippen LogP contribution in [0, 0.1) is 6.92 Å². The monoisotopic (exact) mass is 343 g/mol. The van der Waals surface area contributed by atoms with E-state index in [1.165, 1.54) is 19.2 Å². The number of aromatic carboxylic acids is 1. The van der Waals surface area contributed by atoms with E-state index in [4.69, 9.17) is 9.84 Å². The van der Waals surface area contributed by atoms with Gasteiger partial charge in [-0.05, 0) is 36.2 Å². The maximum Gasteiger partial charge on any atom is 0.358 e. The molecule has 0 amide bonds. The molecule has 0 bridgehead atoms. The van der Waals surface area contributed by atoms with Crippen molar-refractivity contribution in [3.8, 4) is 5.75 Å². The van der Waals surface area contributed by atoms with Crippen LogP contribution in [0.25, 0.3) is 0 Å². The predicted molar refractivity (Wildman–Crippen MR) is 90.1 cm³/mol. The van der Waals surface area contributed by atoms with Crippen LogP contribution < -0.4 is 4.74 Å². The van der Waals surface area contributed by atoms with Gasteiger partial charge in [-0.2, -0.15) is 0 Å². The second-order valence-electron chi connectivity index (χ2n) is 5.16. The van der Waals surface area contributed by atoms with Gasteiger partial charge in [0.1, 0.15) is 19.5 Å². The van der Waals surface area contributed by atoms with Crippen LogP contribution in [0.15, 0.2) is 47.6 Å². The lowest BCUT2D eigenvalue weighted by atomic mass is 10.0. The highest BCUT2D eigenvalue weighted by atomic mass is 16.6. The second kappa shape index (κ2) is 7.96. The average Bonchev–Trinajstić information content (AvgIpc) is 2.58. The summed E-state index contributed by atoms with van der Waals surface area (Å²) in [6.45, 7) is 1.84. The molecule has 2 rings (SSSR count). The number of aryl methyl sites for hydroxylation is 1. The Morgan fingerprint density at radius 3 is 2.44 bits per heavy atom. The van der Waals surface area contributed by atoms with E-state index in [1.807, 2.05) is 0 Å². The molecule has 25 heavy (non-hydrogen) atoms. The molecule has 2 N–H and O–H groups in total. The molecule has 0 aliphatic heterocycles. The first-order valence-corrected chi connectivity index (χ1v) is 7.33. The molecule has 0 aromatic heterocycles. The lowest BCUT2D eigenvalue weighted by molar-refractivity contribution is -0.129. The van der Waals surface area contributed by atoms with Gasteiger partial charge in [0.05, 0.1) is 5.56 Å². The number of carbonyl (C=O) groups is 2. The number of hydrogen-bond donors (Lipinski definition) is 2. The lowest BCUT2D eigenvalue weighted by Crippen LogP contribution is -2.17. The summed E-state index contributed by atoms with van der Waals surface area (Å²) in [5.74, 6) is -1.71. The van der Waals surface area contributed by atoms with Gasteiger partial charge in [-0.3, -0.25) is 0 Å². The number of carboxylic acids is 2. The summed E-state index contributed by atoms with van der Waals surface area (Å²) < 4.78 is 5.72. The molecule has 0 atom stereocenters. The Morgan fingerprint density at radius 2 is 1.84 bits per heavy atom. The summed E-state index contributed by atoms with van der Waals surface area (Å²) in [6, 6.07) is 11.3. The Bertz CT molecular complexity index is 828. The Labute approximate surface area is 144 Å². The number of nitrogens with zero attached hydrogens (tertiary/aromatic N) is 1. The van der Waals surface area contributed by atoms with Crippen molar-refractivity contribution in [3.63, 3.8) is 0 Å². The number of rotatable bonds is 7. The molecular weight excluding hydrogens is 326 g/mol. The fourth-order valence-electron chi connectivity index (χ4n) is 2.27. The van der Waals surface area contributed by atoms with Crippen LogP contribution in [0.2, 0.25) is 0 Å². The van der Waals surface area contributed by atoms with Gasteiger partial charge in [-0.15, -0.1) is 0 Å². The van der Waals surface area contributed by atoms with Gasteiger partial charge in [-0.25, -0.2) is 9.59 Å². The smallest absolute Gasteiger partial charge is 0.358 e. The minimum absolute atomic E-state index is 0.0967. The average molecular weight is 343 g/mol. The Balaban J connectivity index is 2.26. The Hall–Kier alpha value is -3.35. The highest BCUT2D eigenvalue weighted by Gasteiger charge is 2.17. The largest absolute Gasteiger partial charge is 0.489 e. The molecule has 0 saturated carbocycles. The van der Waals surface area contributed by atoms with Crippen LogP contribution in [-0.2, 0) is 16.2 Å². The highest BCUT2D eigenvalue weighted by Crippen LogP contribution is 2.21. The minimum atomic E-state index is -1.21. The molecule has 7 nitrogen and oxygen atoms in total. The number of oxime groups is 1. The third-order valence-corrected chi connectivity index (χ3v) is 3.46. The van der Waals surface area contributed by atoms with Crippen molar-refractivity contribution in [2.24, 2.45) is 5.16 Å². The first-order valence-electron chi connectivity index (χ1n) is 7.33. The SMILES string of the molecule is CO/N=C(/C(=O)O)c1ccccc1COc1ccc(C(=O)O)cc1C. The predicted octanol–water partition coefficient (Wildman–Crippen LogP) is 2.71. The zero-order valence-electron chi connectivity index (χ0n) is 13.7. The number of benzene rings is 2. The summed E-state index contributed by atoms with van der Waals surface area (Å²) in [5.41, 5.74) is 1.62. The summed E-state index contributed by atoms with van der Waals surface area (Å²) >= 11 is 0. The van der Waals surface area contributed by atoms with Gasteiger partial charge in [0.25, 0.3) is 0 Å². The molecule has 0 aliphatic rings. The number of hydrogen-bond acceptors (Lipinski definition) is 5. The van der Waals surface area contributed by atoms with E-state index in [9.17, 15) is 14.7 Å². The van der Waals surface area contributed by atoms with Crippen LogP contribution in [0.3, 0.4) is 0 Å². The second-order valence-corrected chi connectivity index (χ2v) is 5.16. The van der Waals surface area contributed by atoms with E-state index < -0.39 is 11.9 Å². The number of aliphatic carboxylic acids is 1. The quantitative estimate of drug-likeness (QED) is 0.591. The van der Waals surface area contributed by atoms with E-state index in [2.05, 4.69) is 9.99 Å². The van der Waals surface area contributed by atoms with Crippen LogP contribution in [0.5, 0.6) is 5.75 Å². The fourth-order valence-corrected chi connectivity index (χ4v) is 2.27. The molecule has 130 valence electrons. The summed E-state index contributed by atoms with van der Waals surface area (Å²) in [7, 11) is 1.27. The van der Waals surface area contributed by atoms with E-state index in [-0.39, 0.29) is 17.9 Å². The van der Waals surface area contributed by atoms with Crippen molar-refractivity contribution in [2.45, 2.75) is 13.5 Å². The number of ether oxygens (including phenoxy) is 1. The van der Waals surface area contributed by atoms with Crippen LogP contribution >= 0.6 is 0 Å². The first-order chi connectivity index (χ1) is 11.9. The third kappa shape index (κ3) is 4.35. The zero-order chi connectivity index (χ0) is 18.4. The molecule has 0 aliphatic carbocycles. The van der Waals surface area contributed by atoms with Crippen molar-refractivity contribution < 1.29 is 29.4 Å². The maximum absolute atomic E-state index is 11.4. The lowest BCUT2D eigenvalue weighted by Gasteiger charge is -2.12. The van der Waals surface area contributed by atoms with E-state index >= 15 is 0 Å².